The van der Waals surface area contributed by atoms with E-state index in [0.717, 1.165) is 6.20 Å². The minimum Gasteiger partial charge on any atom is -0.492 e. The molecule has 0 aromatic carbocycles. The maximum absolute atomic E-state index is 10.8. The predicted molar refractivity (Wildman–Crippen MR) is 60.2 cm³/mol. The van der Waals surface area contributed by atoms with Crippen LogP contribution in [-0.4, -0.2) is 39.9 Å². The Morgan fingerprint density at radius 2 is 2.00 bits per heavy atom. The number of nitrogens with zero attached hydrogens (tertiary/aromatic N) is 2. The second-order valence-electron chi connectivity index (χ2n) is 2.78. The van der Waals surface area contributed by atoms with Gasteiger partial charge >= 0.3 is 0 Å². The third-order valence-electron chi connectivity index (χ3n) is 1.77. The van der Waals surface area contributed by atoms with Crippen molar-refractivity contribution < 1.29 is 5.11 Å². The summed E-state index contributed by atoms with van der Waals surface area (Å²) in [6.07, 6.45) is 1.10. The van der Waals surface area contributed by atoms with E-state index in [1.165, 1.54) is 0 Å². The van der Waals surface area contributed by atoms with Crippen molar-refractivity contribution in [3.8, 4) is 5.88 Å². The van der Waals surface area contributed by atoms with Crippen molar-refractivity contribution in [3.05, 3.63) is 16.6 Å². The minimum absolute atomic E-state index is 0.266. The van der Waals surface area contributed by atoms with Gasteiger partial charge in [0, 0.05) is 24.8 Å². The van der Waals surface area contributed by atoms with Gasteiger partial charge in [-0.1, -0.05) is 0 Å². The molecule has 1 heterocycles. The quantitative estimate of drug-likeness (QED) is 0.759. The summed E-state index contributed by atoms with van der Waals surface area (Å²) in [5.41, 5.74) is -0.451. The molecule has 5 nitrogen and oxygen atoms in total. The molecule has 0 aliphatic heterocycles. The van der Waals surface area contributed by atoms with Crippen LogP contribution in [0.3, 0.4) is 0 Å². The van der Waals surface area contributed by atoms with Gasteiger partial charge in [-0.15, -0.1) is 23.2 Å². The summed E-state index contributed by atoms with van der Waals surface area (Å²) in [6, 6.07) is 0. The summed E-state index contributed by atoms with van der Waals surface area (Å²) in [5.74, 6) is 0.794. The average Bonchev–Trinajstić information content (AvgIpc) is 2.17. The minimum atomic E-state index is -0.451. The SMILES string of the molecule is O=c1cnc(N(CCCl)CCCl)c(O)[nH]1. The molecule has 15 heavy (non-hydrogen) atoms. The molecule has 0 saturated heterocycles. The van der Waals surface area contributed by atoms with Crippen LogP contribution >= 0.6 is 23.2 Å². The van der Waals surface area contributed by atoms with E-state index in [2.05, 4.69) is 9.97 Å². The lowest BCUT2D eigenvalue weighted by Gasteiger charge is -2.21. The Kier molecular flexibility index (Phi) is 4.71. The number of aromatic nitrogens is 2. The van der Waals surface area contributed by atoms with E-state index in [1.807, 2.05) is 0 Å². The number of nitrogens with one attached hydrogen (secondary N) is 1. The zero-order valence-electron chi connectivity index (χ0n) is 7.91. The topological polar surface area (TPSA) is 69.2 Å². The molecule has 0 spiro atoms. The third-order valence-corrected chi connectivity index (χ3v) is 2.10. The molecule has 0 amide bonds. The second-order valence-corrected chi connectivity index (χ2v) is 3.54. The Bertz CT molecular complexity index is 363. The number of H-pyrrole nitrogens is 1. The van der Waals surface area contributed by atoms with Crippen LogP contribution in [0.1, 0.15) is 0 Å². The van der Waals surface area contributed by atoms with Crippen molar-refractivity contribution >= 4 is 29.0 Å². The normalized spacial score (nSPS) is 10.3. The number of aromatic hydroxyl groups is 1. The van der Waals surface area contributed by atoms with Crippen LogP contribution in [0.4, 0.5) is 5.82 Å². The van der Waals surface area contributed by atoms with Gasteiger partial charge in [0.05, 0.1) is 6.20 Å². The molecule has 0 atom stereocenters. The number of halogens is 2. The van der Waals surface area contributed by atoms with Gasteiger partial charge < -0.3 is 10.0 Å². The molecule has 7 heteroatoms. The zero-order chi connectivity index (χ0) is 11.3. The highest BCUT2D eigenvalue weighted by Gasteiger charge is 2.12. The van der Waals surface area contributed by atoms with Crippen molar-refractivity contribution in [2.75, 3.05) is 29.7 Å². The van der Waals surface area contributed by atoms with Crippen LogP contribution in [0.2, 0.25) is 0 Å². The molecule has 84 valence electrons. The first-order valence-electron chi connectivity index (χ1n) is 4.34. The Hall–Kier alpha value is -0.940. The fraction of sp³-hybridized carbons (Fsp3) is 0.500. The summed E-state index contributed by atoms with van der Waals surface area (Å²) in [5, 5.41) is 9.47. The van der Waals surface area contributed by atoms with E-state index < -0.39 is 5.56 Å². The van der Waals surface area contributed by atoms with Gasteiger partial charge in [-0.2, -0.15) is 0 Å². The van der Waals surface area contributed by atoms with E-state index in [4.69, 9.17) is 23.2 Å². The summed E-state index contributed by atoms with van der Waals surface area (Å²) in [7, 11) is 0. The highest BCUT2D eigenvalue weighted by molar-refractivity contribution is 6.18. The fourth-order valence-electron chi connectivity index (χ4n) is 1.14. The maximum atomic E-state index is 10.8. The van der Waals surface area contributed by atoms with Crippen LogP contribution in [-0.2, 0) is 0 Å². The van der Waals surface area contributed by atoms with Crippen LogP contribution in [0, 0.1) is 0 Å². The maximum Gasteiger partial charge on any atom is 0.269 e. The molecule has 0 saturated carbocycles. The number of hydrogen-bond acceptors (Lipinski definition) is 4. The van der Waals surface area contributed by atoms with Crippen LogP contribution in [0.5, 0.6) is 5.88 Å². The lowest BCUT2D eigenvalue weighted by Crippen LogP contribution is -2.29. The number of aromatic amines is 1. The van der Waals surface area contributed by atoms with Crippen molar-refractivity contribution in [1.29, 1.82) is 0 Å². The predicted octanol–water partition coefficient (Wildman–Crippen LogP) is 0.759. The number of rotatable bonds is 5. The molecular formula is C8H11Cl2N3O2. The monoisotopic (exact) mass is 251 g/mol. The molecule has 1 aromatic rings. The van der Waals surface area contributed by atoms with Crippen molar-refractivity contribution in [2.24, 2.45) is 0 Å². The first-order valence-corrected chi connectivity index (χ1v) is 5.41. The first-order chi connectivity index (χ1) is 7.19. The van der Waals surface area contributed by atoms with Gasteiger partial charge in [-0.25, -0.2) is 4.98 Å². The van der Waals surface area contributed by atoms with Crippen molar-refractivity contribution in [3.63, 3.8) is 0 Å². The van der Waals surface area contributed by atoms with E-state index in [9.17, 15) is 9.90 Å². The number of anilines is 1. The van der Waals surface area contributed by atoms with Crippen molar-refractivity contribution in [1.82, 2.24) is 9.97 Å². The standard InChI is InChI=1S/C8H11Cl2N3O2/c9-1-3-13(4-2-10)7-8(15)12-6(14)5-11-7/h5H,1-4H2,(H2,12,14,15). The van der Waals surface area contributed by atoms with Gasteiger partial charge in [0.1, 0.15) is 0 Å². The van der Waals surface area contributed by atoms with Crippen LogP contribution in [0.15, 0.2) is 11.0 Å². The molecule has 0 fully saturated rings. The average molecular weight is 252 g/mol. The molecule has 0 bridgehead atoms. The Balaban J connectivity index is 2.94. The lowest BCUT2D eigenvalue weighted by molar-refractivity contribution is 0.447. The summed E-state index contributed by atoms with van der Waals surface area (Å²) in [4.78, 5) is 18.6. The number of hydrogen-bond donors (Lipinski definition) is 2. The third kappa shape index (κ3) is 3.28. The molecule has 0 aliphatic rings. The summed E-state index contributed by atoms with van der Waals surface area (Å²) >= 11 is 11.2. The summed E-state index contributed by atoms with van der Waals surface area (Å²) in [6.45, 7) is 1.00. The smallest absolute Gasteiger partial charge is 0.269 e. The van der Waals surface area contributed by atoms with Gasteiger partial charge in [0.2, 0.25) is 5.88 Å². The molecular weight excluding hydrogens is 241 g/mol. The molecule has 2 N–H and O–H groups in total. The highest BCUT2D eigenvalue weighted by Crippen LogP contribution is 2.19. The van der Waals surface area contributed by atoms with Gasteiger partial charge in [-0.3, -0.25) is 9.78 Å². The Morgan fingerprint density at radius 3 is 2.47 bits per heavy atom. The van der Waals surface area contributed by atoms with Gasteiger partial charge in [-0.05, 0) is 0 Å². The second kappa shape index (κ2) is 5.82. The molecule has 0 unspecified atom stereocenters. The van der Waals surface area contributed by atoms with Gasteiger partial charge in [0.25, 0.3) is 5.56 Å². The fourth-order valence-corrected chi connectivity index (χ4v) is 1.55. The van der Waals surface area contributed by atoms with E-state index in [0.29, 0.717) is 24.8 Å². The number of alkyl halides is 2. The Morgan fingerprint density at radius 1 is 1.40 bits per heavy atom. The van der Waals surface area contributed by atoms with E-state index in [1.54, 1.807) is 4.90 Å². The molecule has 0 radical (unpaired) electrons. The van der Waals surface area contributed by atoms with Crippen molar-refractivity contribution in [2.45, 2.75) is 0 Å². The highest BCUT2D eigenvalue weighted by atomic mass is 35.5. The summed E-state index contributed by atoms with van der Waals surface area (Å²) < 4.78 is 0. The van der Waals surface area contributed by atoms with Gasteiger partial charge in [0.15, 0.2) is 5.82 Å². The van der Waals surface area contributed by atoms with E-state index >= 15 is 0 Å². The largest absolute Gasteiger partial charge is 0.492 e. The lowest BCUT2D eigenvalue weighted by atomic mass is 10.4. The molecule has 1 aromatic heterocycles. The molecule has 0 aliphatic carbocycles. The Labute approximate surface area is 96.7 Å². The van der Waals surface area contributed by atoms with Crippen LogP contribution in [0.25, 0.3) is 0 Å². The molecule has 1 rings (SSSR count). The first kappa shape index (κ1) is 12.1. The zero-order valence-corrected chi connectivity index (χ0v) is 9.42. The van der Waals surface area contributed by atoms with Crippen LogP contribution < -0.4 is 10.5 Å². The van der Waals surface area contributed by atoms with E-state index in [-0.39, 0.29) is 11.7 Å².